The van der Waals surface area contributed by atoms with E-state index in [4.69, 9.17) is 0 Å². The number of carbonyl (C=O) groups excluding carboxylic acids is 1. The third kappa shape index (κ3) is 3.44. The first-order chi connectivity index (χ1) is 8.15. The molecule has 3 nitrogen and oxygen atoms in total. The summed E-state index contributed by atoms with van der Waals surface area (Å²) in [5.41, 5.74) is 0.525. The third-order valence-electron chi connectivity index (χ3n) is 2.18. The first kappa shape index (κ1) is 12.4. The predicted octanol–water partition coefficient (Wildman–Crippen LogP) is 3.16. The van der Waals surface area contributed by atoms with Crippen LogP contribution in [-0.2, 0) is 7.05 Å². The average molecular weight is 311 g/mol. The Bertz CT molecular complexity index is 522. The number of carbonyl (C=O) groups is 1. The summed E-state index contributed by atoms with van der Waals surface area (Å²) in [6.07, 6.45) is 1.78. The zero-order chi connectivity index (χ0) is 12.3. The number of thioether (sulfide) groups is 1. The van der Waals surface area contributed by atoms with E-state index >= 15 is 0 Å². The second-order valence-electron chi connectivity index (χ2n) is 3.54. The lowest BCUT2D eigenvalue weighted by molar-refractivity contribution is 0.101. The van der Waals surface area contributed by atoms with Crippen molar-refractivity contribution < 1.29 is 4.79 Å². The number of rotatable bonds is 4. The number of benzene rings is 1. The fourth-order valence-electron chi connectivity index (χ4n) is 1.32. The highest BCUT2D eigenvalue weighted by Gasteiger charge is 2.09. The van der Waals surface area contributed by atoms with Gasteiger partial charge in [0.2, 0.25) is 0 Å². The molecule has 2 rings (SSSR count). The van der Waals surface area contributed by atoms with Gasteiger partial charge in [-0.1, -0.05) is 15.9 Å². The highest BCUT2D eigenvalue weighted by atomic mass is 79.9. The molecule has 0 aliphatic heterocycles. The van der Waals surface area contributed by atoms with E-state index in [-0.39, 0.29) is 5.78 Å². The lowest BCUT2D eigenvalue weighted by Crippen LogP contribution is -2.04. The summed E-state index contributed by atoms with van der Waals surface area (Å²) in [5, 5.41) is 4.08. The molecular formula is C12H11BrN2OS. The molecule has 0 saturated heterocycles. The highest BCUT2D eigenvalue weighted by Crippen LogP contribution is 2.21. The summed E-state index contributed by atoms with van der Waals surface area (Å²) in [5.74, 6) is 0.470. The fraction of sp³-hybridized carbons (Fsp3) is 0.167. The lowest BCUT2D eigenvalue weighted by Gasteiger charge is -1.99. The summed E-state index contributed by atoms with van der Waals surface area (Å²) in [4.78, 5) is 12.9. The first-order valence-corrected chi connectivity index (χ1v) is 6.84. The zero-order valence-electron chi connectivity index (χ0n) is 9.26. The van der Waals surface area contributed by atoms with Crippen LogP contribution in [0.3, 0.4) is 0 Å². The molecule has 0 bridgehead atoms. The molecule has 0 radical (unpaired) electrons. The molecule has 0 fully saturated rings. The maximum absolute atomic E-state index is 11.8. The van der Waals surface area contributed by atoms with E-state index in [1.807, 2.05) is 24.3 Å². The van der Waals surface area contributed by atoms with Crippen LogP contribution < -0.4 is 0 Å². The molecule has 0 unspecified atom stereocenters. The Balaban J connectivity index is 1.94. The van der Waals surface area contributed by atoms with Crippen LogP contribution in [0.15, 0.2) is 45.9 Å². The molecule has 0 spiro atoms. The molecule has 1 aromatic carbocycles. The van der Waals surface area contributed by atoms with Crippen molar-refractivity contribution in [2.45, 2.75) is 4.90 Å². The van der Waals surface area contributed by atoms with Gasteiger partial charge in [-0.15, -0.1) is 11.8 Å². The number of Topliss-reactive ketones (excluding diaryl/α,β-unsaturated/α-hetero) is 1. The van der Waals surface area contributed by atoms with Gasteiger partial charge in [0, 0.05) is 22.6 Å². The molecule has 2 aromatic rings. The maximum atomic E-state index is 11.8. The molecule has 88 valence electrons. The van der Waals surface area contributed by atoms with Crippen LogP contribution in [0, 0.1) is 0 Å². The van der Waals surface area contributed by atoms with Crippen molar-refractivity contribution in [3.8, 4) is 0 Å². The second-order valence-corrected chi connectivity index (χ2v) is 5.50. The highest BCUT2D eigenvalue weighted by molar-refractivity contribution is 9.10. The Kier molecular flexibility index (Phi) is 4.02. The van der Waals surface area contributed by atoms with Gasteiger partial charge in [0.15, 0.2) is 5.78 Å². The SMILES string of the molecule is Cn1ccc(C(=O)CSc2ccc(Br)cc2)n1. The Morgan fingerprint density at radius 2 is 2.06 bits per heavy atom. The normalized spacial score (nSPS) is 10.5. The molecular weight excluding hydrogens is 300 g/mol. The standard InChI is InChI=1S/C12H11BrN2OS/c1-15-7-6-11(14-15)12(16)8-17-10-4-2-9(13)3-5-10/h2-7H,8H2,1H3. The van der Waals surface area contributed by atoms with Gasteiger partial charge in [-0.2, -0.15) is 5.10 Å². The topological polar surface area (TPSA) is 34.9 Å². The Morgan fingerprint density at radius 1 is 1.35 bits per heavy atom. The largest absolute Gasteiger partial charge is 0.291 e. The summed E-state index contributed by atoms with van der Waals surface area (Å²) >= 11 is 4.90. The molecule has 0 N–H and O–H groups in total. The van der Waals surface area contributed by atoms with Gasteiger partial charge in [-0.05, 0) is 30.3 Å². The maximum Gasteiger partial charge on any atom is 0.193 e. The minimum absolute atomic E-state index is 0.0542. The van der Waals surface area contributed by atoms with Crippen LogP contribution in [-0.4, -0.2) is 21.3 Å². The van der Waals surface area contributed by atoms with Crippen LogP contribution >= 0.6 is 27.7 Å². The van der Waals surface area contributed by atoms with Crippen LogP contribution in [0.1, 0.15) is 10.5 Å². The van der Waals surface area contributed by atoms with Crippen molar-refractivity contribution in [3.63, 3.8) is 0 Å². The summed E-state index contributed by atoms with van der Waals surface area (Å²) in [6, 6.07) is 9.65. The number of aromatic nitrogens is 2. The van der Waals surface area contributed by atoms with E-state index in [1.165, 1.54) is 11.8 Å². The Labute approximate surface area is 112 Å². The second kappa shape index (κ2) is 5.51. The van der Waals surface area contributed by atoms with Crippen molar-refractivity contribution in [2.24, 2.45) is 7.05 Å². The van der Waals surface area contributed by atoms with Gasteiger partial charge in [0.25, 0.3) is 0 Å². The van der Waals surface area contributed by atoms with E-state index in [9.17, 15) is 4.79 Å². The fourth-order valence-corrected chi connectivity index (χ4v) is 2.36. The van der Waals surface area contributed by atoms with Crippen LogP contribution in [0.4, 0.5) is 0 Å². The van der Waals surface area contributed by atoms with Gasteiger partial charge in [-0.3, -0.25) is 9.48 Å². The van der Waals surface area contributed by atoms with Crippen molar-refractivity contribution >= 4 is 33.5 Å². The van der Waals surface area contributed by atoms with E-state index in [0.717, 1.165) is 9.37 Å². The third-order valence-corrected chi connectivity index (χ3v) is 3.72. The lowest BCUT2D eigenvalue weighted by atomic mass is 10.3. The summed E-state index contributed by atoms with van der Waals surface area (Å²) in [7, 11) is 1.80. The molecule has 1 heterocycles. The monoisotopic (exact) mass is 310 g/mol. The molecule has 0 saturated carbocycles. The van der Waals surface area contributed by atoms with Crippen molar-refractivity contribution in [1.82, 2.24) is 9.78 Å². The number of halogens is 1. The molecule has 0 amide bonds. The minimum atomic E-state index is 0.0542. The number of hydrogen-bond acceptors (Lipinski definition) is 3. The summed E-state index contributed by atoms with van der Waals surface area (Å²) in [6.45, 7) is 0. The molecule has 17 heavy (non-hydrogen) atoms. The molecule has 1 aromatic heterocycles. The number of aryl methyl sites for hydroxylation is 1. The van der Waals surface area contributed by atoms with Gasteiger partial charge < -0.3 is 0 Å². The minimum Gasteiger partial charge on any atom is -0.291 e. The zero-order valence-corrected chi connectivity index (χ0v) is 11.7. The van der Waals surface area contributed by atoms with Crippen molar-refractivity contribution in [2.75, 3.05) is 5.75 Å². The van der Waals surface area contributed by atoms with E-state index in [2.05, 4.69) is 21.0 Å². The Hall–Kier alpha value is -1.07. The van der Waals surface area contributed by atoms with Crippen molar-refractivity contribution in [3.05, 3.63) is 46.7 Å². The van der Waals surface area contributed by atoms with Crippen molar-refractivity contribution in [1.29, 1.82) is 0 Å². The molecule has 0 aliphatic rings. The predicted molar refractivity (Wildman–Crippen MR) is 72.4 cm³/mol. The van der Waals surface area contributed by atoms with Crippen LogP contribution in [0.5, 0.6) is 0 Å². The van der Waals surface area contributed by atoms with E-state index in [0.29, 0.717) is 11.4 Å². The molecule has 5 heteroatoms. The Morgan fingerprint density at radius 3 is 2.65 bits per heavy atom. The van der Waals surface area contributed by atoms with E-state index in [1.54, 1.807) is 24.0 Å². The quantitative estimate of drug-likeness (QED) is 0.642. The van der Waals surface area contributed by atoms with Gasteiger partial charge in [0.05, 0.1) is 5.75 Å². The molecule has 0 atom stereocenters. The smallest absolute Gasteiger partial charge is 0.193 e. The first-order valence-electron chi connectivity index (χ1n) is 5.06. The van der Waals surface area contributed by atoms with Gasteiger partial charge in [-0.25, -0.2) is 0 Å². The van der Waals surface area contributed by atoms with Gasteiger partial charge >= 0.3 is 0 Å². The number of ketones is 1. The summed E-state index contributed by atoms with van der Waals surface area (Å²) < 4.78 is 2.68. The van der Waals surface area contributed by atoms with Gasteiger partial charge in [0.1, 0.15) is 5.69 Å². The number of hydrogen-bond donors (Lipinski definition) is 0. The molecule has 0 aliphatic carbocycles. The average Bonchev–Trinajstić information content (AvgIpc) is 2.75. The van der Waals surface area contributed by atoms with Crippen LogP contribution in [0.25, 0.3) is 0 Å². The van der Waals surface area contributed by atoms with Crippen LogP contribution in [0.2, 0.25) is 0 Å². The number of nitrogens with zero attached hydrogens (tertiary/aromatic N) is 2. The van der Waals surface area contributed by atoms with E-state index < -0.39 is 0 Å².